The summed E-state index contributed by atoms with van der Waals surface area (Å²) >= 11 is 0. The zero-order valence-electron chi connectivity index (χ0n) is 15.0. The van der Waals surface area contributed by atoms with E-state index in [-0.39, 0.29) is 6.61 Å². The lowest BCUT2D eigenvalue weighted by atomic mass is 10.2. The Hall–Kier alpha value is -3.41. The Morgan fingerprint density at radius 1 is 0.926 bits per heavy atom. The van der Waals surface area contributed by atoms with Crippen LogP contribution in [0.2, 0.25) is 0 Å². The van der Waals surface area contributed by atoms with Gasteiger partial charge in [-0.25, -0.2) is 9.36 Å². The molecule has 0 saturated heterocycles. The number of hydrogen-bond donors (Lipinski definition) is 0. The maximum absolute atomic E-state index is 12.6. The maximum atomic E-state index is 12.6. The smallest absolute Gasteiger partial charge is 0.331 e. The van der Waals surface area contributed by atoms with E-state index in [2.05, 4.69) is 0 Å². The molecule has 2 aromatic carbocycles. The molecule has 6 nitrogen and oxygen atoms in total. The van der Waals surface area contributed by atoms with Gasteiger partial charge in [-0.1, -0.05) is 60.2 Å². The fraction of sp³-hybridized carbons (Fsp3) is 0.190. The zero-order chi connectivity index (χ0) is 19.2. The van der Waals surface area contributed by atoms with Crippen molar-refractivity contribution in [3.8, 4) is 0 Å². The fourth-order valence-electron chi connectivity index (χ4n) is 2.63. The van der Waals surface area contributed by atoms with Crippen LogP contribution < -0.4 is 11.2 Å². The van der Waals surface area contributed by atoms with Crippen molar-refractivity contribution in [3.05, 3.63) is 104 Å². The van der Waals surface area contributed by atoms with Crippen LogP contribution in [0.3, 0.4) is 0 Å². The highest BCUT2D eigenvalue weighted by Crippen LogP contribution is 2.05. The molecule has 0 fully saturated rings. The van der Waals surface area contributed by atoms with E-state index in [0.717, 1.165) is 21.3 Å². The molecule has 0 bridgehead atoms. The van der Waals surface area contributed by atoms with Crippen LogP contribution in [0, 0.1) is 6.92 Å². The lowest BCUT2D eigenvalue weighted by molar-refractivity contribution is -0.145. The summed E-state index contributed by atoms with van der Waals surface area (Å²) in [6.07, 6.45) is 1.44. The summed E-state index contributed by atoms with van der Waals surface area (Å²) in [6.45, 7) is 1.97. The minimum Gasteiger partial charge on any atom is -0.459 e. The molecule has 0 aliphatic heterocycles. The van der Waals surface area contributed by atoms with Gasteiger partial charge in [-0.15, -0.1) is 0 Å². The number of carbonyl (C=O) groups is 1. The highest BCUT2D eigenvalue weighted by molar-refractivity contribution is 5.69. The standard InChI is InChI=1S/C21H20N2O4/c1-16-7-9-18(10-8-16)15-27-20(25)14-23-19(24)11-12-22(21(23)26)13-17-5-3-2-4-6-17/h2-12H,13-15H2,1H3. The zero-order valence-corrected chi connectivity index (χ0v) is 15.0. The second kappa shape index (κ2) is 8.31. The predicted octanol–water partition coefficient (Wildman–Crippen LogP) is 2.11. The van der Waals surface area contributed by atoms with Crippen molar-refractivity contribution in [3.63, 3.8) is 0 Å². The number of hydrogen-bond acceptors (Lipinski definition) is 4. The minimum atomic E-state index is -0.632. The summed E-state index contributed by atoms with van der Waals surface area (Å²) in [5.74, 6) is -0.632. The number of esters is 1. The van der Waals surface area contributed by atoms with E-state index in [9.17, 15) is 14.4 Å². The molecule has 1 heterocycles. The lowest BCUT2D eigenvalue weighted by Crippen LogP contribution is -2.41. The van der Waals surface area contributed by atoms with Gasteiger partial charge in [0.05, 0.1) is 6.54 Å². The first-order valence-corrected chi connectivity index (χ1v) is 8.58. The lowest BCUT2D eigenvalue weighted by Gasteiger charge is -2.10. The average molecular weight is 364 g/mol. The second-order valence-corrected chi connectivity index (χ2v) is 6.28. The normalized spacial score (nSPS) is 10.6. The van der Waals surface area contributed by atoms with Crippen LogP contribution in [0.4, 0.5) is 0 Å². The quantitative estimate of drug-likeness (QED) is 0.628. The van der Waals surface area contributed by atoms with E-state index in [0.29, 0.717) is 6.54 Å². The molecule has 1 aromatic heterocycles. The number of aryl methyl sites for hydroxylation is 1. The summed E-state index contributed by atoms with van der Waals surface area (Å²) in [6, 6.07) is 18.3. The number of nitrogens with zero attached hydrogens (tertiary/aromatic N) is 2. The van der Waals surface area contributed by atoms with E-state index in [4.69, 9.17) is 4.74 Å². The summed E-state index contributed by atoms with van der Waals surface area (Å²) in [4.78, 5) is 36.7. The van der Waals surface area contributed by atoms with Crippen molar-refractivity contribution in [1.82, 2.24) is 9.13 Å². The van der Waals surface area contributed by atoms with Crippen molar-refractivity contribution < 1.29 is 9.53 Å². The molecule has 0 radical (unpaired) electrons. The van der Waals surface area contributed by atoms with Crippen LogP contribution in [0.5, 0.6) is 0 Å². The maximum Gasteiger partial charge on any atom is 0.331 e. The van der Waals surface area contributed by atoms with Crippen LogP contribution >= 0.6 is 0 Å². The summed E-state index contributed by atoms with van der Waals surface area (Å²) in [7, 11) is 0. The molecule has 27 heavy (non-hydrogen) atoms. The third-order valence-electron chi connectivity index (χ3n) is 4.14. The Morgan fingerprint density at radius 2 is 1.63 bits per heavy atom. The summed E-state index contributed by atoms with van der Waals surface area (Å²) < 4.78 is 7.48. The molecular formula is C21H20N2O4. The number of rotatable bonds is 6. The molecule has 0 amide bonds. The minimum absolute atomic E-state index is 0.0961. The summed E-state index contributed by atoms with van der Waals surface area (Å²) in [5, 5.41) is 0. The van der Waals surface area contributed by atoms with E-state index in [1.807, 2.05) is 61.5 Å². The molecule has 0 saturated carbocycles. The highest BCUT2D eigenvalue weighted by Gasteiger charge is 2.11. The van der Waals surface area contributed by atoms with Crippen LogP contribution in [-0.4, -0.2) is 15.1 Å². The highest BCUT2D eigenvalue weighted by atomic mass is 16.5. The first kappa shape index (κ1) is 18.4. The molecule has 0 unspecified atom stereocenters. The van der Waals surface area contributed by atoms with Crippen LogP contribution in [0.15, 0.2) is 76.4 Å². The SMILES string of the molecule is Cc1ccc(COC(=O)Cn2c(=O)ccn(Cc3ccccc3)c2=O)cc1. The molecule has 3 aromatic rings. The fourth-order valence-corrected chi connectivity index (χ4v) is 2.63. The largest absolute Gasteiger partial charge is 0.459 e. The van der Waals surface area contributed by atoms with Gasteiger partial charge in [-0.3, -0.25) is 14.2 Å². The second-order valence-electron chi connectivity index (χ2n) is 6.28. The third kappa shape index (κ3) is 4.82. The third-order valence-corrected chi connectivity index (χ3v) is 4.14. The van der Waals surface area contributed by atoms with Crippen LogP contribution in [0.25, 0.3) is 0 Å². The van der Waals surface area contributed by atoms with Crippen molar-refractivity contribution in [2.24, 2.45) is 0 Å². The van der Waals surface area contributed by atoms with E-state index in [1.165, 1.54) is 16.8 Å². The van der Waals surface area contributed by atoms with E-state index >= 15 is 0 Å². The van der Waals surface area contributed by atoms with Crippen LogP contribution in [-0.2, 0) is 29.2 Å². The Bertz CT molecular complexity index is 1030. The number of carbonyl (C=O) groups excluding carboxylic acids is 1. The average Bonchev–Trinajstić information content (AvgIpc) is 2.68. The first-order valence-electron chi connectivity index (χ1n) is 8.58. The van der Waals surface area contributed by atoms with Gasteiger partial charge in [-0.2, -0.15) is 0 Å². The van der Waals surface area contributed by atoms with Gasteiger partial charge in [0, 0.05) is 12.3 Å². The molecule has 6 heteroatoms. The van der Waals surface area contributed by atoms with Gasteiger partial charge in [0.2, 0.25) is 0 Å². The monoisotopic (exact) mass is 364 g/mol. The Balaban J connectivity index is 1.71. The van der Waals surface area contributed by atoms with Gasteiger partial charge in [0.25, 0.3) is 5.56 Å². The van der Waals surface area contributed by atoms with Crippen molar-refractivity contribution >= 4 is 5.97 Å². The Labute approximate surface area is 156 Å². The van der Waals surface area contributed by atoms with Gasteiger partial charge >= 0.3 is 11.7 Å². The van der Waals surface area contributed by atoms with Gasteiger partial charge in [-0.05, 0) is 18.1 Å². The molecule has 0 spiro atoms. The number of aromatic nitrogens is 2. The van der Waals surface area contributed by atoms with Crippen LogP contribution in [0.1, 0.15) is 16.7 Å². The molecule has 3 rings (SSSR count). The van der Waals surface area contributed by atoms with Gasteiger partial charge in [0.15, 0.2) is 0 Å². The van der Waals surface area contributed by atoms with E-state index in [1.54, 1.807) is 0 Å². The molecular weight excluding hydrogens is 344 g/mol. The predicted molar refractivity (Wildman–Crippen MR) is 101 cm³/mol. The molecule has 138 valence electrons. The van der Waals surface area contributed by atoms with E-state index < -0.39 is 23.8 Å². The summed E-state index contributed by atoms with van der Waals surface area (Å²) in [5.41, 5.74) is 1.80. The topological polar surface area (TPSA) is 70.3 Å². The Morgan fingerprint density at radius 3 is 2.33 bits per heavy atom. The molecule has 0 aliphatic rings. The van der Waals surface area contributed by atoms with Crippen molar-refractivity contribution in [2.75, 3.05) is 0 Å². The molecule has 0 atom stereocenters. The Kier molecular flexibility index (Phi) is 5.66. The van der Waals surface area contributed by atoms with Gasteiger partial charge in [0.1, 0.15) is 13.2 Å². The molecule has 0 aliphatic carbocycles. The number of benzene rings is 2. The van der Waals surface area contributed by atoms with Gasteiger partial charge < -0.3 is 4.74 Å². The number of ether oxygens (including phenoxy) is 1. The van der Waals surface area contributed by atoms with Crippen molar-refractivity contribution in [1.29, 1.82) is 0 Å². The molecule has 0 N–H and O–H groups in total. The van der Waals surface area contributed by atoms with Crippen molar-refractivity contribution in [2.45, 2.75) is 26.6 Å². The first-order chi connectivity index (χ1) is 13.0.